The van der Waals surface area contributed by atoms with Crippen LogP contribution in [0.4, 0.5) is 0 Å². The second-order valence-electron chi connectivity index (χ2n) is 5.37. The predicted octanol–water partition coefficient (Wildman–Crippen LogP) is 2.08. The third-order valence-corrected chi connectivity index (χ3v) is 3.90. The molecule has 0 radical (unpaired) electrons. The van der Waals surface area contributed by atoms with Crippen LogP contribution in [0.2, 0.25) is 0 Å². The van der Waals surface area contributed by atoms with Crippen molar-refractivity contribution in [3.8, 4) is 6.07 Å². The summed E-state index contributed by atoms with van der Waals surface area (Å²) in [6, 6.07) is 11.3. The summed E-state index contributed by atoms with van der Waals surface area (Å²) in [4.78, 5) is 4.91. The molecule has 1 aliphatic rings. The van der Waals surface area contributed by atoms with Gasteiger partial charge in [0.05, 0.1) is 11.6 Å². The van der Waals surface area contributed by atoms with Crippen molar-refractivity contribution < 1.29 is 0 Å². The van der Waals surface area contributed by atoms with E-state index >= 15 is 0 Å². The molecule has 2 atom stereocenters. The van der Waals surface area contributed by atoms with Crippen LogP contribution in [0.5, 0.6) is 0 Å². The standard InChI is InChI=1S/C15H21N3/c1-12-9-18(10-13(2)17(12)3)11-15-6-4-5-14(7-15)8-16/h4-7,12-13H,9-11H2,1-3H3. The second-order valence-corrected chi connectivity index (χ2v) is 5.37. The maximum Gasteiger partial charge on any atom is 0.0991 e. The number of benzene rings is 1. The maximum atomic E-state index is 8.92. The zero-order valence-corrected chi connectivity index (χ0v) is 11.4. The highest BCUT2D eigenvalue weighted by Crippen LogP contribution is 2.16. The van der Waals surface area contributed by atoms with Gasteiger partial charge in [-0.15, -0.1) is 0 Å². The summed E-state index contributed by atoms with van der Waals surface area (Å²) in [5.74, 6) is 0. The van der Waals surface area contributed by atoms with Crippen LogP contribution in [0.25, 0.3) is 0 Å². The van der Waals surface area contributed by atoms with E-state index in [4.69, 9.17) is 5.26 Å². The lowest BCUT2D eigenvalue weighted by Gasteiger charge is -2.42. The molecule has 2 unspecified atom stereocenters. The molecule has 2 rings (SSSR count). The summed E-state index contributed by atoms with van der Waals surface area (Å²) in [6.45, 7) is 7.68. The highest BCUT2D eigenvalue weighted by molar-refractivity contribution is 5.32. The minimum atomic E-state index is 0.591. The lowest BCUT2D eigenvalue weighted by Crippen LogP contribution is -2.54. The van der Waals surface area contributed by atoms with Gasteiger partial charge in [-0.3, -0.25) is 9.80 Å². The molecule has 1 heterocycles. The number of hydrogen-bond donors (Lipinski definition) is 0. The van der Waals surface area contributed by atoms with Gasteiger partial charge >= 0.3 is 0 Å². The second kappa shape index (κ2) is 5.51. The van der Waals surface area contributed by atoms with E-state index in [0.29, 0.717) is 12.1 Å². The van der Waals surface area contributed by atoms with E-state index in [-0.39, 0.29) is 0 Å². The molecule has 1 saturated heterocycles. The normalized spacial score (nSPS) is 25.9. The van der Waals surface area contributed by atoms with Crippen LogP contribution in [-0.4, -0.2) is 42.0 Å². The smallest absolute Gasteiger partial charge is 0.0991 e. The highest BCUT2D eigenvalue weighted by atomic mass is 15.3. The molecule has 3 nitrogen and oxygen atoms in total. The molecule has 3 heteroatoms. The molecule has 0 amide bonds. The highest BCUT2D eigenvalue weighted by Gasteiger charge is 2.26. The molecule has 0 spiro atoms. The van der Waals surface area contributed by atoms with Crippen molar-refractivity contribution in [2.75, 3.05) is 20.1 Å². The Hall–Kier alpha value is -1.37. The van der Waals surface area contributed by atoms with Gasteiger partial charge in [-0.2, -0.15) is 5.26 Å². The Bertz CT molecular complexity index is 437. The first-order valence-electron chi connectivity index (χ1n) is 6.53. The average Bonchev–Trinajstić information content (AvgIpc) is 2.36. The molecule has 0 aliphatic carbocycles. The first-order chi connectivity index (χ1) is 8.60. The summed E-state index contributed by atoms with van der Waals surface area (Å²) in [5.41, 5.74) is 1.99. The van der Waals surface area contributed by atoms with E-state index < -0.39 is 0 Å². The first kappa shape index (κ1) is 13.1. The molecular weight excluding hydrogens is 222 g/mol. The van der Waals surface area contributed by atoms with Crippen LogP contribution in [0.15, 0.2) is 24.3 Å². The zero-order chi connectivity index (χ0) is 13.1. The third-order valence-electron chi connectivity index (χ3n) is 3.90. The molecule has 0 bridgehead atoms. The van der Waals surface area contributed by atoms with Crippen LogP contribution in [0, 0.1) is 11.3 Å². The zero-order valence-electron chi connectivity index (χ0n) is 11.4. The van der Waals surface area contributed by atoms with E-state index in [9.17, 15) is 0 Å². The quantitative estimate of drug-likeness (QED) is 0.796. The fourth-order valence-corrected chi connectivity index (χ4v) is 2.64. The summed E-state index contributed by atoms with van der Waals surface area (Å²) < 4.78 is 0. The third kappa shape index (κ3) is 2.90. The molecule has 1 aliphatic heterocycles. The summed E-state index contributed by atoms with van der Waals surface area (Å²) in [5, 5.41) is 8.92. The van der Waals surface area contributed by atoms with Gasteiger partial charge in [0.15, 0.2) is 0 Å². The largest absolute Gasteiger partial charge is 0.298 e. The fourth-order valence-electron chi connectivity index (χ4n) is 2.64. The summed E-state index contributed by atoms with van der Waals surface area (Å²) in [7, 11) is 2.20. The van der Waals surface area contributed by atoms with Gasteiger partial charge in [-0.05, 0) is 38.6 Å². The van der Waals surface area contributed by atoms with E-state index in [1.165, 1.54) is 5.56 Å². The topological polar surface area (TPSA) is 30.3 Å². The van der Waals surface area contributed by atoms with Crippen molar-refractivity contribution in [3.63, 3.8) is 0 Å². The van der Waals surface area contributed by atoms with Crippen molar-refractivity contribution >= 4 is 0 Å². The molecule has 0 saturated carbocycles. The lowest BCUT2D eigenvalue weighted by atomic mass is 10.1. The Morgan fingerprint density at radius 1 is 1.28 bits per heavy atom. The minimum Gasteiger partial charge on any atom is -0.298 e. The fraction of sp³-hybridized carbons (Fsp3) is 0.533. The molecule has 0 N–H and O–H groups in total. The molecule has 1 fully saturated rings. The Morgan fingerprint density at radius 2 is 1.94 bits per heavy atom. The number of likely N-dealkylation sites (N-methyl/N-ethyl adjacent to an activating group) is 1. The minimum absolute atomic E-state index is 0.591. The SMILES string of the molecule is CC1CN(Cc2cccc(C#N)c2)CC(C)N1C. The van der Waals surface area contributed by atoms with Gasteiger partial charge < -0.3 is 0 Å². The predicted molar refractivity (Wildman–Crippen MR) is 73.1 cm³/mol. The lowest BCUT2D eigenvalue weighted by molar-refractivity contribution is 0.0556. The van der Waals surface area contributed by atoms with Crippen molar-refractivity contribution in [1.29, 1.82) is 5.26 Å². The van der Waals surface area contributed by atoms with Gasteiger partial charge in [0.25, 0.3) is 0 Å². The Labute approximate surface area is 110 Å². The van der Waals surface area contributed by atoms with Gasteiger partial charge in [0, 0.05) is 31.7 Å². The van der Waals surface area contributed by atoms with Crippen molar-refractivity contribution in [1.82, 2.24) is 9.80 Å². The van der Waals surface area contributed by atoms with Crippen molar-refractivity contribution in [2.24, 2.45) is 0 Å². The Morgan fingerprint density at radius 3 is 2.56 bits per heavy atom. The van der Waals surface area contributed by atoms with E-state index in [2.05, 4.69) is 42.8 Å². The first-order valence-corrected chi connectivity index (χ1v) is 6.53. The van der Waals surface area contributed by atoms with Gasteiger partial charge in [0.1, 0.15) is 0 Å². The molecule has 1 aromatic carbocycles. The van der Waals surface area contributed by atoms with Crippen LogP contribution in [-0.2, 0) is 6.54 Å². The van der Waals surface area contributed by atoms with E-state index in [1.54, 1.807) is 0 Å². The maximum absolute atomic E-state index is 8.92. The molecule has 0 aromatic heterocycles. The van der Waals surface area contributed by atoms with Crippen LogP contribution in [0.3, 0.4) is 0 Å². The number of nitriles is 1. The molecular formula is C15H21N3. The summed E-state index contributed by atoms with van der Waals surface area (Å²) >= 11 is 0. The number of nitrogens with zero attached hydrogens (tertiary/aromatic N) is 3. The molecule has 1 aromatic rings. The molecule has 96 valence electrons. The molecule has 18 heavy (non-hydrogen) atoms. The Balaban J connectivity index is 2.03. The van der Waals surface area contributed by atoms with Gasteiger partial charge in [-0.25, -0.2) is 0 Å². The summed E-state index contributed by atoms with van der Waals surface area (Å²) in [6.07, 6.45) is 0. The van der Waals surface area contributed by atoms with Gasteiger partial charge in [-0.1, -0.05) is 12.1 Å². The average molecular weight is 243 g/mol. The Kier molecular flexibility index (Phi) is 4.00. The number of hydrogen-bond acceptors (Lipinski definition) is 3. The van der Waals surface area contributed by atoms with E-state index in [1.807, 2.05) is 18.2 Å². The van der Waals surface area contributed by atoms with E-state index in [0.717, 1.165) is 25.2 Å². The number of piperazine rings is 1. The van der Waals surface area contributed by atoms with Crippen LogP contribution >= 0.6 is 0 Å². The van der Waals surface area contributed by atoms with Crippen molar-refractivity contribution in [2.45, 2.75) is 32.5 Å². The van der Waals surface area contributed by atoms with Crippen LogP contribution < -0.4 is 0 Å². The van der Waals surface area contributed by atoms with Gasteiger partial charge in [0.2, 0.25) is 0 Å². The van der Waals surface area contributed by atoms with Crippen LogP contribution in [0.1, 0.15) is 25.0 Å². The monoisotopic (exact) mass is 243 g/mol. The van der Waals surface area contributed by atoms with Crippen molar-refractivity contribution in [3.05, 3.63) is 35.4 Å². The number of rotatable bonds is 2.